The van der Waals surface area contributed by atoms with Gasteiger partial charge in [0, 0.05) is 28.0 Å². The van der Waals surface area contributed by atoms with E-state index in [1.807, 2.05) is 37.4 Å². The lowest BCUT2D eigenvalue weighted by molar-refractivity contribution is -0.137. The fourth-order valence-corrected chi connectivity index (χ4v) is 5.48. The lowest BCUT2D eigenvalue weighted by atomic mass is 9.75. The molecule has 0 spiro atoms. The zero-order chi connectivity index (χ0) is 25.2. The Hall–Kier alpha value is -2.23. The number of nitrogens with two attached hydrogens (primary N) is 1. The summed E-state index contributed by atoms with van der Waals surface area (Å²) in [5.74, 6) is 0.900. The molecule has 35 heavy (non-hydrogen) atoms. The molecule has 0 amide bonds. The van der Waals surface area contributed by atoms with Crippen molar-refractivity contribution >= 4 is 29.1 Å². The average Bonchev–Trinajstić information content (AvgIpc) is 3.28. The molecule has 9 heteroatoms. The minimum absolute atomic E-state index is 0.00477. The highest BCUT2D eigenvalue weighted by molar-refractivity contribution is 7.80. The van der Waals surface area contributed by atoms with Gasteiger partial charge in [-0.1, -0.05) is 12.1 Å². The van der Waals surface area contributed by atoms with Crippen LogP contribution in [-0.4, -0.2) is 23.7 Å². The second kappa shape index (κ2) is 10.4. The minimum Gasteiger partial charge on any atom is -0.487 e. The number of nitrogens with one attached hydrogen (secondary N) is 1. The van der Waals surface area contributed by atoms with Crippen molar-refractivity contribution in [1.82, 2.24) is 10.3 Å². The van der Waals surface area contributed by atoms with E-state index in [-0.39, 0.29) is 11.8 Å². The van der Waals surface area contributed by atoms with E-state index in [4.69, 9.17) is 10.5 Å². The molecule has 2 aliphatic rings. The molecular weight excluding hydrogens is 491 g/mol. The number of thiol groups is 1. The molecule has 1 aromatic heterocycles. The van der Waals surface area contributed by atoms with E-state index in [9.17, 15) is 13.2 Å². The molecule has 0 bridgehead atoms. The Labute approximate surface area is 213 Å². The van der Waals surface area contributed by atoms with Crippen LogP contribution in [-0.2, 0) is 6.18 Å². The first kappa shape index (κ1) is 25.9. The summed E-state index contributed by atoms with van der Waals surface area (Å²) in [6.07, 6.45) is -0.240. The maximum Gasteiger partial charge on any atom is 0.416 e. The summed E-state index contributed by atoms with van der Waals surface area (Å²) in [5, 5.41) is 5.79. The Morgan fingerprint density at radius 2 is 1.80 bits per heavy atom. The number of nitrogen functional groups attached to an aromatic ring is 1. The summed E-state index contributed by atoms with van der Waals surface area (Å²) in [6.45, 7) is 5.73. The van der Waals surface area contributed by atoms with Crippen LogP contribution in [0.2, 0.25) is 0 Å². The van der Waals surface area contributed by atoms with Gasteiger partial charge in [-0.3, -0.25) is 0 Å². The van der Waals surface area contributed by atoms with E-state index in [2.05, 4.69) is 22.9 Å². The third-order valence-electron chi connectivity index (χ3n) is 6.47. The quantitative estimate of drug-likeness (QED) is 0.322. The number of nitrogens with zero attached hydrogens (tertiary/aromatic N) is 1. The van der Waals surface area contributed by atoms with Crippen LogP contribution < -0.4 is 15.8 Å². The Morgan fingerprint density at radius 1 is 1.09 bits per heavy atom. The van der Waals surface area contributed by atoms with Crippen LogP contribution in [0.25, 0.3) is 0 Å². The van der Waals surface area contributed by atoms with Crippen LogP contribution in [0.3, 0.4) is 0 Å². The number of fused-ring (bicyclic) bond motifs is 1. The molecule has 3 heterocycles. The van der Waals surface area contributed by atoms with E-state index in [0.29, 0.717) is 5.13 Å². The average molecular weight is 522 g/mol. The van der Waals surface area contributed by atoms with E-state index < -0.39 is 17.3 Å². The molecule has 1 atom stereocenters. The highest BCUT2D eigenvalue weighted by Gasteiger charge is 2.38. The second-order valence-electron chi connectivity index (χ2n) is 9.58. The van der Waals surface area contributed by atoms with Crippen molar-refractivity contribution < 1.29 is 17.9 Å². The fraction of sp³-hybridized carbons (Fsp3) is 0.423. The standard InChI is InChI=1S/C23H26F3NOS.C3H4N2S/c1-22(2)13-20(18-6-4-16(29)12-21(18)28-22)17-5-3-15(23(24,25)26)11-19(17)14-7-9-27-10-8-14;4-3-5-1-2-6-3/h3-6,11-12,14,20,27,29H,7-10,13H2,1-2H3;1-2H,(H2,4,5). The van der Waals surface area contributed by atoms with Gasteiger partial charge in [0.15, 0.2) is 5.13 Å². The Morgan fingerprint density at radius 3 is 2.40 bits per heavy atom. The van der Waals surface area contributed by atoms with Crippen molar-refractivity contribution in [2.24, 2.45) is 0 Å². The summed E-state index contributed by atoms with van der Waals surface area (Å²) in [5.41, 5.74) is 7.07. The number of benzene rings is 2. The van der Waals surface area contributed by atoms with Gasteiger partial charge in [-0.05, 0) is 87.5 Å². The molecule has 0 saturated carbocycles. The number of thiazole rings is 1. The van der Waals surface area contributed by atoms with E-state index in [1.54, 1.807) is 12.3 Å². The number of aromatic nitrogens is 1. The lowest BCUT2D eigenvalue weighted by Crippen LogP contribution is -2.36. The number of hydrogen-bond donors (Lipinski definition) is 3. The number of rotatable bonds is 2. The summed E-state index contributed by atoms with van der Waals surface area (Å²) in [4.78, 5) is 4.52. The van der Waals surface area contributed by atoms with Gasteiger partial charge in [-0.15, -0.1) is 24.0 Å². The van der Waals surface area contributed by atoms with Crippen LogP contribution in [0, 0.1) is 0 Å². The first-order valence-corrected chi connectivity index (χ1v) is 12.9. The van der Waals surface area contributed by atoms with Gasteiger partial charge >= 0.3 is 6.18 Å². The van der Waals surface area contributed by atoms with Crippen molar-refractivity contribution in [1.29, 1.82) is 0 Å². The topological polar surface area (TPSA) is 60.2 Å². The smallest absolute Gasteiger partial charge is 0.416 e. The van der Waals surface area contributed by atoms with E-state index >= 15 is 0 Å². The van der Waals surface area contributed by atoms with Gasteiger partial charge in [0.2, 0.25) is 0 Å². The van der Waals surface area contributed by atoms with Crippen molar-refractivity contribution in [2.45, 2.75) is 61.6 Å². The fourth-order valence-electron chi connectivity index (χ4n) is 4.91. The molecule has 0 aliphatic carbocycles. The summed E-state index contributed by atoms with van der Waals surface area (Å²) < 4.78 is 46.6. The monoisotopic (exact) mass is 521 g/mol. The maximum atomic E-state index is 13.5. The molecule has 4 nitrogen and oxygen atoms in total. The molecular formula is C26H30F3N3OS2. The molecule has 3 aromatic rings. The third kappa shape index (κ3) is 6.32. The largest absolute Gasteiger partial charge is 0.487 e. The van der Waals surface area contributed by atoms with Crippen LogP contribution in [0.5, 0.6) is 5.75 Å². The lowest BCUT2D eigenvalue weighted by Gasteiger charge is -2.39. The van der Waals surface area contributed by atoms with Crippen molar-refractivity contribution in [2.75, 3.05) is 18.8 Å². The molecule has 5 rings (SSSR count). The molecule has 3 N–H and O–H groups in total. The molecule has 1 fully saturated rings. The Bertz CT molecular complexity index is 1140. The van der Waals surface area contributed by atoms with Crippen molar-refractivity contribution in [3.63, 3.8) is 0 Å². The first-order chi connectivity index (χ1) is 16.5. The zero-order valence-corrected chi connectivity index (χ0v) is 21.4. The minimum atomic E-state index is -4.34. The molecule has 2 aromatic carbocycles. The van der Waals surface area contributed by atoms with Gasteiger partial charge in [0.25, 0.3) is 0 Å². The van der Waals surface area contributed by atoms with Crippen LogP contribution >= 0.6 is 24.0 Å². The molecule has 1 saturated heterocycles. The molecule has 1 unspecified atom stereocenters. The Balaban J connectivity index is 0.000000421. The summed E-state index contributed by atoms with van der Waals surface area (Å²) >= 11 is 5.87. The Kier molecular flexibility index (Phi) is 7.68. The van der Waals surface area contributed by atoms with Gasteiger partial charge in [0.1, 0.15) is 11.4 Å². The number of alkyl halides is 3. The predicted octanol–water partition coefficient (Wildman–Crippen LogP) is 6.88. The van der Waals surface area contributed by atoms with Crippen LogP contribution in [0.1, 0.15) is 67.2 Å². The maximum absolute atomic E-state index is 13.5. The van der Waals surface area contributed by atoms with E-state index in [0.717, 1.165) is 59.7 Å². The SMILES string of the molecule is CC1(C)CC(c2ccc(C(F)(F)F)cc2C2CCNCC2)c2ccc(S)cc2O1.Nc1nccs1. The highest BCUT2D eigenvalue weighted by atomic mass is 32.1. The highest BCUT2D eigenvalue weighted by Crippen LogP contribution is 2.48. The first-order valence-electron chi connectivity index (χ1n) is 11.6. The number of halogens is 3. The number of anilines is 1. The number of hydrogen-bond acceptors (Lipinski definition) is 6. The van der Waals surface area contributed by atoms with Crippen molar-refractivity contribution in [3.8, 4) is 5.75 Å². The van der Waals surface area contributed by atoms with Gasteiger partial charge in [-0.25, -0.2) is 4.98 Å². The van der Waals surface area contributed by atoms with Crippen LogP contribution in [0.4, 0.5) is 18.3 Å². The third-order valence-corrected chi connectivity index (χ3v) is 7.36. The number of ether oxygens (including phenoxy) is 1. The predicted molar refractivity (Wildman–Crippen MR) is 138 cm³/mol. The summed E-state index contributed by atoms with van der Waals surface area (Å²) in [7, 11) is 0. The van der Waals surface area contributed by atoms with Crippen molar-refractivity contribution in [3.05, 3.63) is 70.2 Å². The van der Waals surface area contributed by atoms with Gasteiger partial charge in [0.05, 0.1) is 5.56 Å². The number of piperidine rings is 1. The normalized spacial score (nSPS) is 19.8. The summed E-state index contributed by atoms with van der Waals surface area (Å²) in [6, 6.07) is 10.1. The zero-order valence-electron chi connectivity index (χ0n) is 19.7. The van der Waals surface area contributed by atoms with Gasteiger partial charge in [-0.2, -0.15) is 13.2 Å². The molecule has 0 radical (unpaired) electrons. The van der Waals surface area contributed by atoms with E-state index in [1.165, 1.54) is 23.5 Å². The second-order valence-corrected chi connectivity index (χ2v) is 11.0. The van der Waals surface area contributed by atoms with Gasteiger partial charge < -0.3 is 15.8 Å². The molecule has 188 valence electrons. The van der Waals surface area contributed by atoms with Crippen LogP contribution in [0.15, 0.2) is 52.9 Å². The molecule has 2 aliphatic heterocycles.